The Morgan fingerprint density at radius 3 is 2.22 bits per heavy atom. The third-order valence-electron chi connectivity index (χ3n) is 4.88. The van der Waals surface area contributed by atoms with E-state index in [0.717, 1.165) is 16.1 Å². The van der Waals surface area contributed by atoms with E-state index in [1.54, 1.807) is 0 Å². The zero-order chi connectivity index (χ0) is 23.8. The third kappa shape index (κ3) is 5.09. The molecule has 0 aliphatic rings. The second-order valence-electron chi connectivity index (χ2n) is 8.76. The van der Waals surface area contributed by atoms with Crippen LogP contribution in [0.1, 0.15) is 67.7 Å². The van der Waals surface area contributed by atoms with Gasteiger partial charge in [-0.2, -0.15) is 13.2 Å². The van der Waals surface area contributed by atoms with E-state index in [2.05, 4.69) is 48.2 Å². The number of pyridine rings is 1. The molecule has 9 heteroatoms. The van der Waals surface area contributed by atoms with Crippen molar-refractivity contribution in [2.24, 2.45) is 0 Å². The number of carbonyl (C=O) groups is 1. The lowest BCUT2D eigenvalue weighted by Crippen LogP contribution is -2.11. The normalized spacial score (nSPS) is 12.3. The van der Waals surface area contributed by atoms with Crippen molar-refractivity contribution in [2.75, 3.05) is 5.32 Å². The first-order chi connectivity index (χ1) is 14.8. The van der Waals surface area contributed by atoms with E-state index in [-0.39, 0.29) is 17.2 Å². The standard InChI is InChI=1S/C23H24F3N3O2S/c1-12(2)17-18(13-6-8-14(9-7-13)22(3,4)5)32-21(28-17)29-19-16(20(30)31)10-15(11-27-19)23(24,25)26/h6-12H,1-5H3,(H,30,31)(H,27,28,29). The molecule has 0 bridgehead atoms. The number of thiazole rings is 1. The predicted octanol–water partition coefficient (Wildman–Crippen LogP) is 7.09. The summed E-state index contributed by atoms with van der Waals surface area (Å²) in [5.74, 6) is -1.62. The van der Waals surface area contributed by atoms with E-state index in [1.807, 2.05) is 26.0 Å². The topological polar surface area (TPSA) is 75.1 Å². The van der Waals surface area contributed by atoms with E-state index in [0.29, 0.717) is 17.4 Å². The van der Waals surface area contributed by atoms with Crippen molar-refractivity contribution in [1.29, 1.82) is 0 Å². The number of nitrogens with one attached hydrogen (secondary N) is 1. The molecule has 2 heterocycles. The molecule has 0 aliphatic heterocycles. The van der Waals surface area contributed by atoms with Crippen LogP contribution in [0.2, 0.25) is 0 Å². The van der Waals surface area contributed by atoms with E-state index >= 15 is 0 Å². The molecule has 0 aliphatic carbocycles. The van der Waals surface area contributed by atoms with Crippen molar-refractivity contribution in [1.82, 2.24) is 9.97 Å². The molecule has 5 nitrogen and oxygen atoms in total. The molecule has 3 aromatic rings. The lowest BCUT2D eigenvalue weighted by atomic mass is 9.86. The summed E-state index contributed by atoms with van der Waals surface area (Å²) in [6, 6.07) is 8.73. The molecule has 170 valence electrons. The molecule has 0 saturated carbocycles. The largest absolute Gasteiger partial charge is 0.478 e. The summed E-state index contributed by atoms with van der Waals surface area (Å²) in [6.45, 7) is 10.4. The van der Waals surface area contributed by atoms with Crippen LogP contribution in [0, 0.1) is 0 Å². The molecular formula is C23H24F3N3O2S. The Morgan fingerprint density at radius 1 is 1.09 bits per heavy atom. The van der Waals surface area contributed by atoms with Crippen LogP contribution in [0.15, 0.2) is 36.5 Å². The monoisotopic (exact) mass is 463 g/mol. The quantitative estimate of drug-likeness (QED) is 0.423. The lowest BCUT2D eigenvalue weighted by Gasteiger charge is -2.19. The first kappa shape index (κ1) is 23.7. The van der Waals surface area contributed by atoms with Gasteiger partial charge in [-0.3, -0.25) is 0 Å². The van der Waals surface area contributed by atoms with Gasteiger partial charge in [0.1, 0.15) is 11.4 Å². The maximum absolute atomic E-state index is 13.0. The smallest absolute Gasteiger partial charge is 0.417 e. The summed E-state index contributed by atoms with van der Waals surface area (Å²) in [7, 11) is 0. The maximum atomic E-state index is 13.0. The fourth-order valence-corrected chi connectivity index (χ4v) is 4.21. The molecule has 0 atom stereocenters. The van der Waals surface area contributed by atoms with Crippen molar-refractivity contribution in [3.8, 4) is 10.4 Å². The number of carboxylic acid groups (broad SMARTS) is 1. The van der Waals surface area contributed by atoms with Crippen molar-refractivity contribution in [3.05, 3.63) is 58.9 Å². The lowest BCUT2D eigenvalue weighted by molar-refractivity contribution is -0.137. The number of nitrogens with zero attached hydrogens (tertiary/aromatic N) is 2. The SMILES string of the molecule is CC(C)c1nc(Nc2ncc(C(F)(F)F)cc2C(=O)O)sc1-c1ccc(C(C)(C)C)cc1. The van der Waals surface area contributed by atoms with Gasteiger partial charge in [-0.25, -0.2) is 14.8 Å². The summed E-state index contributed by atoms with van der Waals surface area (Å²) >= 11 is 1.30. The second-order valence-corrected chi connectivity index (χ2v) is 9.76. The highest BCUT2D eigenvalue weighted by atomic mass is 32.1. The van der Waals surface area contributed by atoms with Gasteiger partial charge >= 0.3 is 12.1 Å². The molecule has 0 unspecified atom stereocenters. The number of anilines is 2. The van der Waals surface area contributed by atoms with Crippen LogP contribution in [0.4, 0.5) is 24.1 Å². The van der Waals surface area contributed by atoms with Gasteiger partial charge in [-0.15, -0.1) is 0 Å². The fourth-order valence-electron chi connectivity index (χ4n) is 3.09. The van der Waals surface area contributed by atoms with Crippen molar-refractivity contribution < 1.29 is 23.1 Å². The summed E-state index contributed by atoms with van der Waals surface area (Å²) in [5, 5.41) is 12.5. The van der Waals surface area contributed by atoms with E-state index < -0.39 is 23.3 Å². The molecule has 0 radical (unpaired) electrons. The van der Waals surface area contributed by atoms with Crippen LogP contribution < -0.4 is 5.32 Å². The number of alkyl halides is 3. The predicted molar refractivity (Wildman–Crippen MR) is 120 cm³/mol. The minimum Gasteiger partial charge on any atom is -0.478 e. The Labute approximate surface area is 188 Å². The van der Waals surface area contributed by atoms with Gasteiger partial charge in [0, 0.05) is 6.20 Å². The fraction of sp³-hybridized carbons (Fsp3) is 0.348. The van der Waals surface area contributed by atoms with Gasteiger partial charge in [-0.1, -0.05) is 70.2 Å². The number of hydrogen-bond acceptors (Lipinski definition) is 5. The molecule has 32 heavy (non-hydrogen) atoms. The number of hydrogen-bond donors (Lipinski definition) is 2. The van der Waals surface area contributed by atoms with Crippen molar-refractivity contribution >= 4 is 28.3 Å². The molecule has 0 saturated heterocycles. The zero-order valence-corrected chi connectivity index (χ0v) is 19.1. The molecule has 0 spiro atoms. The average Bonchev–Trinajstić information content (AvgIpc) is 3.11. The first-order valence-electron chi connectivity index (χ1n) is 9.96. The molecule has 3 rings (SSSR count). The molecular weight excluding hydrogens is 439 g/mol. The van der Waals surface area contributed by atoms with Crippen molar-refractivity contribution in [2.45, 2.75) is 52.1 Å². The molecule has 0 amide bonds. The van der Waals surface area contributed by atoms with Gasteiger partial charge in [-0.05, 0) is 28.5 Å². The van der Waals surface area contributed by atoms with Crippen LogP contribution in [0.5, 0.6) is 0 Å². The van der Waals surface area contributed by atoms with Crippen LogP contribution in [0.25, 0.3) is 10.4 Å². The second kappa shape index (κ2) is 8.54. The molecule has 2 aromatic heterocycles. The number of aromatic carboxylic acids is 1. The summed E-state index contributed by atoms with van der Waals surface area (Å²) in [5.41, 5.74) is 1.28. The van der Waals surface area contributed by atoms with Crippen LogP contribution in [-0.2, 0) is 11.6 Å². The van der Waals surface area contributed by atoms with Crippen molar-refractivity contribution in [3.63, 3.8) is 0 Å². The van der Waals surface area contributed by atoms with Crippen LogP contribution in [-0.4, -0.2) is 21.0 Å². The Balaban J connectivity index is 2.00. The Hall–Kier alpha value is -2.94. The van der Waals surface area contributed by atoms with Gasteiger partial charge in [0.2, 0.25) is 0 Å². The zero-order valence-electron chi connectivity index (χ0n) is 18.3. The Morgan fingerprint density at radius 2 is 1.72 bits per heavy atom. The summed E-state index contributed by atoms with van der Waals surface area (Å²) in [4.78, 5) is 20.7. The van der Waals surface area contributed by atoms with E-state index in [1.165, 1.54) is 16.9 Å². The molecule has 1 aromatic carbocycles. The maximum Gasteiger partial charge on any atom is 0.417 e. The highest BCUT2D eigenvalue weighted by Gasteiger charge is 2.33. The number of carboxylic acids is 1. The van der Waals surface area contributed by atoms with Gasteiger partial charge in [0.05, 0.1) is 16.1 Å². The number of aromatic nitrogens is 2. The van der Waals surface area contributed by atoms with Gasteiger partial charge in [0.25, 0.3) is 0 Å². The summed E-state index contributed by atoms with van der Waals surface area (Å²) < 4.78 is 38.9. The highest BCUT2D eigenvalue weighted by molar-refractivity contribution is 7.19. The number of benzene rings is 1. The average molecular weight is 464 g/mol. The third-order valence-corrected chi connectivity index (χ3v) is 5.92. The van der Waals surface area contributed by atoms with Gasteiger partial charge in [0.15, 0.2) is 5.13 Å². The minimum absolute atomic E-state index is 0.0152. The van der Waals surface area contributed by atoms with Gasteiger partial charge < -0.3 is 10.4 Å². The number of halogens is 3. The summed E-state index contributed by atoms with van der Waals surface area (Å²) in [6.07, 6.45) is -4.08. The highest BCUT2D eigenvalue weighted by Crippen LogP contribution is 2.39. The van der Waals surface area contributed by atoms with E-state index in [9.17, 15) is 23.1 Å². The number of rotatable bonds is 5. The van der Waals surface area contributed by atoms with Crippen LogP contribution >= 0.6 is 11.3 Å². The Kier molecular flexibility index (Phi) is 6.33. The van der Waals surface area contributed by atoms with Crippen LogP contribution in [0.3, 0.4) is 0 Å². The Bertz CT molecular complexity index is 1130. The molecule has 2 N–H and O–H groups in total. The molecule has 0 fully saturated rings. The first-order valence-corrected chi connectivity index (χ1v) is 10.8. The van der Waals surface area contributed by atoms with E-state index in [4.69, 9.17) is 0 Å². The minimum atomic E-state index is -4.69.